The lowest BCUT2D eigenvalue weighted by Gasteiger charge is -2.45. The van der Waals surface area contributed by atoms with Crippen molar-refractivity contribution >= 4 is 29.3 Å². The van der Waals surface area contributed by atoms with Crippen molar-refractivity contribution in [3.63, 3.8) is 0 Å². The summed E-state index contributed by atoms with van der Waals surface area (Å²) in [6.45, 7) is 7.76. The summed E-state index contributed by atoms with van der Waals surface area (Å²) >= 11 is 6.35. The summed E-state index contributed by atoms with van der Waals surface area (Å²) in [7, 11) is 1.57. The van der Waals surface area contributed by atoms with Gasteiger partial charge in [0, 0.05) is 44.2 Å². The van der Waals surface area contributed by atoms with Crippen molar-refractivity contribution in [1.82, 2.24) is 20.1 Å². The molecule has 2 aromatic rings. The van der Waals surface area contributed by atoms with Crippen LogP contribution >= 0.6 is 11.6 Å². The highest BCUT2D eigenvalue weighted by Crippen LogP contribution is 2.33. The SMILES string of the molecule is C=CC(=O)N1C[C@H](c2cc(Cl)nc(-c3cccc(C(=O)NC)c3)c2)N(C(C)=O)[C@@H](C)C1. The Labute approximate surface area is 186 Å². The molecule has 0 radical (unpaired) electrons. The Morgan fingerprint density at radius 3 is 2.61 bits per heavy atom. The van der Waals surface area contributed by atoms with Crippen molar-refractivity contribution in [3.8, 4) is 11.3 Å². The Morgan fingerprint density at radius 2 is 1.97 bits per heavy atom. The van der Waals surface area contributed by atoms with E-state index in [1.807, 2.05) is 19.1 Å². The molecule has 8 heteroatoms. The van der Waals surface area contributed by atoms with E-state index in [0.717, 1.165) is 11.1 Å². The first-order valence-electron chi connectivity index (χ1n) is 9.95. The maximum Gasteiger partial charge on any atom is 0.251 e. The molecule has 0 unspecified atom stereocenters. The Morgan fingerprint density at radius 1 is 1.23 bits per heavy atom. The first-order valence-corrected chi connectivity index (χ1v) is 10.3. The van der Waals surface area contributed by atoms with Gasteiger partial charge in [-0.05, 0) is 42.8 Å². The summed E-state index contributed by atoms with van der Waals surface area (Å²) in [5.41, 5.74) is 2.57. The van der Waals surface area contributed by atoms with Gasteiger partial charge in [-0.25, -0.2) is 4.98 Å². The van der Waals surface area contributed by atoms with Crippen LogP contribution in [0.25, 0.3) is 11.3 Å². The zero-order chi connectivity index (χ0) is 22.7. The van der Waals surface area contributed by atoms with Crippen LogP contribution < -0.4 is 5.32 Å². The number of nitrogens with zero attached hydrogens (tertiary/aromatic N) is 3. The Balaban J connectivity index is 2.06. The van der Waals surface area contributed by atoms with Crippen LogP contribution in [0.1, 0.15) is 35.8 Å². The molecule has 1 aliphatic rings. The predicted octanol–water partition coefficient (Wildman–Crippen LogP) is 3.07. The first kappa shape index (κ1) is 22.5. The molecule has 0 aliphatic carbocycles. The number of rotatable bonds is 4. The number of hydrogen-bond donors (Lipinski definition) is 1. The number of carbonyl (C=O) groups is 3. The second kappa shape index (κ2) is 9.31. The number of hydrogen-bond acceptors (Lipinski definition) is 4. The van der Waals surface area contributed by atoms with Gasteiger partial charge in [-0.1, -0.05) is 30.3 Å². The Kier molecular flexibility index (Phi) is 6.75. The fraction of sp³-hybridized carbons (Fsp3) is 0.304. The van der Waals surface area contributed by atoms with Crippen molar-refractivity contribution < 1.29 is 14.4 Å². The van der Waals surface area contributed by atoms with Crippen LogP contribution in [0.5, 0.6) is 0 Å². The van der Waals surface area contributed by atoms with Crippen molar-refractivity contribution in [1.29, 1.82) is 0 Å². The third-order valence-corrected chi connectivity index (χ3v) is 5.58. The molecule has 1 saturated heterocycles. The molecule has 162 valence electrons. The molecule has 3 amide bonds. The smallest absolute Gasteiger partial charge is 0.251 e. The van der Waals surface area contributed by atoms with Crippen LogP contribution in [0.2, 0.25) is 5.15 Å². The fourth-order valence-corrected chi connectivity index (χ4v) is 4.23. The third-order valence-electron chi connectivity index (χ3n) is 5.39. The minimum Gasteiger partial charge on any atom is -0.355 e. The third kappa shape index (κ3) is 4.77. The lowest BCUT2D eigenvalue weighted by Crippen LogP contribution is -2.56. The molecule has 1 aliphatic heterocycles. The average molecular weight is 441 g/mol. The van der Waals surface area contributed by atoms with Crippen LogP contribution in [-0.4, -0.2) is 58.7 Å². The summed E-state index contributed by atoms with van der Waals surface area (Å²) in [6, 6.07) is 10.1. The summed E-state index contributed by atoms with van der Waals surface area (Å²) in [4.78, 5) is 44.6. The Bertz CT molecular complexity index is 1040. The molecule has 3 rings (SSSR count). The van der Waals surface area contributed by atoms with Crippen molar-refractivity contribution in [2.45, 2.75) is 25.9 Å². The van der Waals surface area contributed by atoms with E-state index in [-0.39, 0.29) is 35.0 Å². The van der Waals surface area contributed by atoms with E-state index in [9.17, 15) is 14.4 Å². The predicted molar refractivity (Wildman–Crippen MR) is 120 cm³/mol. The van der Waals surface area contributed by atoms with Gasteiger partial charge >= 0.3 is 0 Å². The maximum atomic E-state index is 12.4. The van der Waals surface area contributed by atoms with Gasteiger partial charge in [0.25, 0.3) is 5.91 Å². The van der Waals surface area contributed by atoms with E-state index in [2.05, 4.69) is 16.9 Å². The topological polar surface area (TPSA) is 82.6 Å². The van der Waals surface area contributed by atoms with Crippen LogP contribution in [0.3, 0.4) is 0 Å². The lowest BCUT2D eigenvalue weighted by molar-refractivity contribution is -0.143. The number of piperazine rings is 1. The molecule has 1 fully saturated rings. The minimum atomic E-state index is -0.383. The molecular weight excluding hydrogens is 416 g/mol. The van der Waals surface area contributed by atoms with E-state index in [1.165, 1.54) is 13.0 Å². The van der Waals surface area contributed by atoms with Crippen LogP contribution in [0, 0.1) is 0 Å². The maximum absolute atomic E-state index is 12.4. The molecule has 0 saturated carbocycles. The molecule has 1 N–H and O–H groups in total. The zero-order valence-corrected chi connectivity index (χ0v) is 18.5. The molecule has 0 spiro atoms. The van der Waals surface area contributed by atoms with Crippen LogP contribution in [0.15, 0.2) is 49.1 Å². The van der Waals surface area contributed by atoms with Gasteiger partial charge in [0.15, 0.2) is 0 Å². The van der Waals surface area contributed by atoms with Gasteiger partial charge in [0.2, 0.25) is 11.8 Å². The highest BCUT2D eigenvalue weighted by Gasteiger charge is 2.36. The second-order valence-electron chi connectivity index (χ2n) is 7.51. The quantitative estimate of drug-likeness (QED) is 0.585. The largest absolute Gasteiger partial charge is 0.355 e. The second-order valence-corrected chi connectivity index (χ2v) is 7.89. The van der Waals surface area contributed by atoms with E-state index >= 15 is 0 Å². The number of carbonyl (C=O) groups excluding carboxylic acids is 3. The van der Waals surface area contributed by atoms with Gasteiger partial charge < -0.3 is 15.1 Å². The Hall–Kier alpha value is -3.19. The molecule has 2 atom stereocenters. The number of amides is 3. The van der Waals surface area contributed by atoms with E-state index in [4.69, 9.17) is 11.6 Å². The molecular formula is C23H25ClN4O3. The van der Waals surface area contributed by atoms with E-state index < -0.39 is 0 Å². The minimum absolute atomic E-state index is 0.0840. The van der Waals surface area contributed by atoms with Crippen LogP contribution in [0.4, 0.5) is 0 Å². The van der Waals surface area contributed by atoms with Gasteiger partial charge in [0.05, 0.1) is 11.7 Å². The molecule has 2 heterocycles. The van der Waals surface area contributed by atoms with Crippen molar-refractivity contribution in [2.75, 3.05) is 20.1 Å². The van der Waals surface area contributed by atoms with Gasteiger partial charge in [-0.2, -0.15) is 0 Å². The zero-order valence-electron chi connectivity index (χ0n) is 17.8. The lowest BCUT2D eigenvalue weighted by atomic mass is 9.97. The number of aromatic nitrogens is 1. The summed E-state index contributed by atoms with van der Waals surface area (Å²) in [5.74, 6) is -0.468. The molecule has 7 nitrogen and oxygen atoms in total. The number of nitrogens with one attached hydrogen (secondary N) is 1. The standard InChI is InChI=1S/C23H25ClN4O3/c1-5-22(30)27-12-14(2)28(15(3)29)20(13-27)18-10-19(26-21(24)11-18)16-7-6-8-17(9-16)23(31)25-4/h5-11,14,20H,1,12-13H2,2-4H3,(H,25,31)/t14-,20+/m0/s1. The molecule has 0 bridgehead atoms. The van der Waals surface area contributed by atoms with Gasteiger partial charge in [-0.15, -0.1) is 0 Å². The number of halogens is 1. The number of benzene rings is 1. The monoisotopic (exact) mass is 440 g/mol. The average Bonchev–Trinajstić information content (AvgIpc) is 2.76. The number of pyridine rings is 1. The highest BCUT2D eigenvalue weighted by molar-refractivity contribution is 6.29. The van der Waals surface area contributed by atoms with Gasteiger partial charge in [-0.3, -0.25) is 14.4 Å². The van der Waals surface area contributed by atoms with Gasteiger partial charge in [0.1, 0.15) is 5.15 Å². The summed E-state index contributed by atoms with van der Waals surface area (Å²) in [6.07, 6.45) is 1.28. The summed E-state index contributed by atoms with van der Waals surface area (Å²) < 4.78 is 0. The van der Waals surface area contributed by atoms with Crippen molar-refractivity contribution in [2.24, 2.45) is 0 Å². The highest BCUT2D eigenvalue weighted by atomic mass is 35.5. The summed E-state index contributed by atoms with van der Waals surface area (Å²) in [5, 5.41) is 2.87. The fourth-order valence-electron chi connectivity index (χ4n) is 4.01. The normalized spacial score (nSPS) is 18.5. The van der Waals surface area contributed by atoms with Crippen molar-refractivity contribution in [3.05, 3.63) is 65.3 Å². The molecule has 31 heavy (non-hydrogen) atoms. The van der Waals surface area contributed by atoms with E-state index in [0.29, 0.717) is 24.3 Å². The van der Waals surface area contributed by atoms with Crippen LogP contribution in [-0.2, 0) is 9.59 Å². The first-order chi connectivity index (χ1) is 14.7. The van der Waals surface area contributed by atoms with E-state index in [1.54, 1.807) is 41.1 Å². The molecule has 1 aromatic heterocycles. The molecule has 1 aromatic carbocycles.